The van der Waals surface area contributed by atoms with Crippen LogP contribution in [0.3, 0.4) is 0 Å². The third kappa shape index (κ3) is 2.94. The van der Waals surface area contributed by atoms with Crippen LogP contribution in [-0.2, 0) is 0 Å². The first-order chi connectivity index (χ1) is 12.7. The quantitative estimate of drug-likeness (QED) is 0.700. The highest BCUT2D eigenvalue weighted by atomic mass is 32.2. The van der Waals surface area contributed by atoms with E-state index in [1.54, 1.807) is 7.11 Å². The molecule has 0 unspecified atom stereocenters. The van der Waals surface area contributed by atoms with Gasteiger partial charge in [-0.25, -0.2) is 0 Å². The molecule has 132 valence electrons. The minimum absolute atomic E-state index is 0.395. The van der Waals surface area contributed by atoms with Crippen molar-refractivity contribution < 1.29 is 9.47 Å². The standard InChI is InChI=1S/C19H18N4O2S/c1-11-10-12(8-9-15(11)24-2)17-20-14-7-5-4-6-13(14)16-18(25-17)21-19(26-3)23-22-16/h4-10,17,20H,1-3H3/t17-/m0/s1. The first kappa shape index (κ1) is 16.7. The number of nitrogens with zero attached hydrogens (tertiary/aromatic N) is 3. The lowest BCUT2D eigenvalue weighted by molar-refractivity contribution is 0.225. The normalized spacial score (nSPS) is 15.1. The van der Waals surface area contributed by atoms with Crippen LogP contribution in [0.15, 0.2) is 47.6 Å². The summed E-state index contributed by atoms with van der Waals surface area (Å²) < 4.78 is 11.6. The molecule has 1 aliphatic rings. The van der Waals surface area contributed by atoms with Crippen LogP contribution in [0.4, 0.5) is 5.69 Å². The molecular formula is C19H18N4O2S. The predicted molar refractivity (Wildman–Crippen MR) is 102 cm³/mol. The van der Waals surface area contributed by atoms with Crippen LogP contribution in [-0.4, -0.2) is 28.5 Å². The molecule has 2 aromatic carbocycles. The Hall–Kier alpha value is -2.80. The van der Waals surface area contributed by atoms with Crippen molar-refractivity contribution in [3.63, 3.8) is 0 Å². The van der Waals surface area contributed by atoms with Gasteiger partial charge in [-0.15, -0.1) is 10.2 Å². The minimum Gasteiger partial charge on any atom is -0.496 e. The number of anilines is 1. The molecule has 3 aromatic rings. The molecule has 2 heterocycles. The number of hydrogen-bond donors (Lipinski definition) is 1. The Morgan fingerprint density at radius 2 is 2.00 bits per heavy atom. The zero-order valence-corrected chi connectivity index (χ0v) is 15.5. The number of benzene rings is 2. The summed E-state index contributed by atoms with van der Waals surface area (Å²) in [5, 5.41) is 12.5. The second-order valence-corrected chi connectivity index (χ2v) is 6.64. The summed E-state index contributed by atoms with van der Waals surface area (Å²) in [5.41, 5.74) is 4.51. The van der Waals surface area contributed by atoms with Crippen LogP contribution in [0, 0.1) is 6.92 Å². The van der Waals surface area contributed by atoms with Crippen LogP contribution >= 0.6 is 11.8 Å². The van der Waals surface area contributed by atoms with Gasteiger partial charge in [-0.3, -0.25) is 0 Å². The lowest BCUT2D eigenvalue weighted by Gasteiger charge is -2.20. The van der Waals surface area contributed by atoms with E-state index in [0.717, 1.165) is 28.1 Å². The van der Waals surface area contributed by atoms with Gasteiger partial charge >= 0.3 is 0 Å². The first-order valence-corrected chi connectivity index (χ1v) is 9.38. The van der Waals surface area contributed by atoms with Crippen molar-refractivity contribution in [2.75, 3.05) is 18.7 Å². The highest BCUT2D eigenvalue weighted by Gasteiger charge is 2.26. The lowest BCUT2D eigenvalue weighted by atomic mass is 10.1. The summed E-state index contributed by atoms with van der Waals surface area (Å²) in [7, 11) is 1.67. The second kappa shape index (κ2) is 6.84. The molecule has 0 saturated carbocycles. The summed E-state index contributed by atoms with van der Waals surface area (Å²) in [6.07, 6.45) is 1.52. The fourth-order valence-electron chi connectivity index (χ4n) is 2.95. The molecule has 0 spiro atoms. The Balaban J connectivity index is 1.83. The Kier molecular flexibility index (Phi) is 4.38. The number of aromatic nitrogens is 3. The number of fused-ring (bicyclic) bond motifs is 3. The number of para-hydroxylation sites is 1. The number of hydrogen-bond acceptors (Lipinski definition) is 7. The van der Waals surface area contributed by atoms with Crippen LogP contribution < -0.4 is 14.8 Å². The topological polar surface area (TPSA) is 69.2 Å². The maximum absolute atomic E-state index is 6.22. The van der Waals surface area contributed by atoms with Crippen LogP contribution in [0.5, 0.6) is 11.6 Å². The summed E-state index contributed by atoms with van der Waals surface area (Å²) in [4.78, 5) is 4.52. The first-order valence-electron chi connectivity index (χ1n) is 8.15. The molecule has 4 rings (SSSR count). The third-order valence-electron chi connectivity index (χ3n) is 4.24. The van der Waals surface area contributed by atoms with Gasteiger partial charge in [0.15, 0.2) is 11.9 Å². The van der Waals surface area contributed by atoms with Gasteiger partial charge < -0.3 is 14.8 Å². The highest BCUT2D eigenvalue weighted by Crippen LogP contribution is 2.39. The van der Waals surface area contributed by atoms with Gasteiger partial charge in [-0.1, -0.05) is 30.0 Å². The van der Waals surface area contributed by atoms with Gasteiger partial charge in [-0.2, -0.15) is 4.98 Å². The van der Waals surface area contributed by atoms with E-state index in [2.05, 4.69) is 20.5 Å². The SMILES string of the molecule is COc1ccc([C@H]2Nc3ccccc3-c3nnc(SC)nc3O2)cc1C. The van der Waals surface area contributed by atoms with E-state index in [1.807, 2.05) is 55.6 Å². The van der Waals surface area contributed by atoms with Crippen molar-refractivity contribution >= 4 is 17.4 Å². The van der Waals surface area contributed by atoms with Crippen LogP contribution in [0.2, 0.25) is 0 Å². The summed E-state index contributed by atoms with van der Waals surface area (Å²) in [6, 6.07) is 13.9. The molecule has 0 aliphatic carbocycles. The predicted octanol–water partition coefficient (Wildman–Crippen LogP) is 4.08. The second-order valence-electron chi connectivity index (χ2n) is 5.87. The van der Waals surface area contributed by atoms with Crippen molar-refractivity contribution in [1.29, 1.82) is 0 Å². The molecule has 0 radical (unpaired) electrons. The average Bonchev–Trinajstić information content (AvgIpc) is 2.84. The number of thioether (sulfide) groups is 1. The molecule has 0 fully saturated rings. The molecule has 7 heteroatoms. The number of methoxy groups -OCH3 is 1. The molecule has 0 saturated heterocycles. The molecule has 0 bridgehead atoms. The number of rotatable bonds is 3. The van der Waals surface area contributed by atoms with E-state index in [9.17, 15) is 0 Å². The number of ether oxygens (including phenoxy) is 2. The fraction of sp³-hybridized carbons (Fsp3) is 0.211. The Labute approximate surface area is 156 Å². The van der Waals surface area contributed by atoms with Crippen molar-refractivity contribution in [3.8, 4) is 22.9 Å². The molecule has 26 heavy (non-hydrogen) atoms. The molecule has 1 N–H and O–H groups in total. The van der Waals surface area contributed by atoms with Crippen molar-refractivity contribution in [1.82, 2.24) is 15.2 Å². The zero-order chi connectivity index (χ0) is 18.1. The fourth-order valence-corrected chi connectivity index (χ4v) is 3.25. The molecule has 0 amide bonds. The largest absolute Gasteiger partial charge is 0.496 e. The van der Waals surface area contributed by atoms with Gasteiger partial charge in [0, 0.05) is 16.8 Å². The maximum Gasteiger partial charge on any atom is 0.247 e. The Bertz CT molecular complexity index is 964. The summed E-state index contributed by atoms with van der Waals surface area (Å²) in [6.45, 7) is 2.01. The summed E-state index contributed by atoms with van der Waals surface area (Å²) >= 11 is 1.43. The van der Waals surface area contributed by atoms with E-state index in [-0.39, 0.29) is 0 Å². The van der Waals surface area contributed by atoms with Gasteiger partial charge in [0.25, 0.3) is 0 Å². The Morgan fingerprint density at radius 1 is 1.15 bits per heavy atom. The van der Waals surface area contributed by atoms with Gasteiger partial charge in [-0.05, 0) is 43.0 Å². The molecule has 1 atom stereocenters. The van der Waals surface area contributed by atoms with E-state index in [0.29, 0.717) is 16.7 Å². The van der Waals surface area contributed by atoms with E-state index in [1.165, 1.54) is 11.8 Å². The van der Waals surface area contributed by atoms with Crippen molar-refractivity contribution in [2.24, 2.45) is 0 Å². The highest BCUT2D eigenvalue weighted by molar-refractivity contribution is 7.98. The summed E-state index contributed by atoms with van der Waals surface area (Å²) in [5.74, 6) is 1.32. The zero-order valence-electron chi connectivity index (χ0n) is 14.7. The van der Waals surface area contributed by atoms with Crippen LogP contribution in [0.25, 0.3) is 11.3 Å². The molecule has 1 aliphatic heterocycles. The van der Waals surface area contributed by atoms with Crippen LogP contribution in [0.1, 0.15) is 17.4 Å². The smallest absolute Gasteiger partial charge is 0.247 e. The molecule has 6 nitrogen and oxygen atoms in total. The maximum atomic E-state index is 6.22. The monoisotopic (exact) mass is 366 g/mol. The van der Waals surface area contributed by atoms with Gasteiger partial charge in [0.2, 0.25) is 11.0 Å². The Morgan fingerprint density at radius 3 is 2.77 bits per heavy atom. The van der Waals surface area contributed by atoms with Crippen molar-refractivity contribution in [3.05, 3.63) is 53.6 Å². The third-order valence-corrected chi connectivity index (χ3v) is 4.78. The van der Waals surface area contributed by atoms with Gasteiger partial charge in [0.05, 0.1) is 7.11 Å². The van der Waals surface area contributed by atoms with E-state index < -0.39 is 6.23 Å². The average molecular weight is 366 g/mol. The van der Waals surface area contributed by atoms with Crippen molar-refractivity contribution in [2.45, 2.75) is 18.3 Å². The van der Waals surface area contributed by atoms with Gasteiger partial charge in [0.1, 0.15) is 5.75 Å². The number of aryl methyl sites for hydroxylation is 1. The minimum atomic E-state index is -0.395. The molecule has 1 aromatic heterocycles. The molecular weight excluding hydrogens is 348 g/mol. The van der Waals surface area contributed by atoms with E-state index >= 15 is 0 Å². The lowest BCUT2D eigenvalue weighted by Crippen LogP contribution is -2.17. The van der Waals surface area contributed by atoms with E-state index in [4.69, 9.17) is 9.47 Å². The number of nitrogens with one attached hydrogen (secondary N) is 1.